The predicted octanol–water partition coefficient (Wildman–Crippen LogP) is 3.81. The van der Waals surface area contributed by atoms with E-state index in [1.165, 1.54) is 31.2 Å². The molecule has 0 spiro atoms. The zero-order chi connectivity index (χ0) is 16.8. The fourth-order valence-corrected chi connectivity index (χ4v) is 3.55. The van der Waals surface area contributed by atoms with E-state index in [0.29, 0.717) is 6.10 Å². The van der Waals surface area contributed by atoms with Crippen molar-refractivity contribution in [1.82, 2.24) is 10.2 Å². The minimum absolute atomic E-state index is 0. The molecule has 1 N–H and O–H groups in total. The number of nitrogens with zero attached hydrogens (tertiary/aromatic N) is 2. The zero-order valence-electron chi connectivity index (χ0n) is 15.3. The number of ether oxygens (including phenoxy) is 2. The third-order valence-electron chi connectivity index (χ3n) is 4.89. The fraction of sp³-hybridized carbons (Fsp3) is 0.632. The molecule has 2 aliphatic rings. The number of guanidine groups is 1. The molecule has 0 atom stereocenters. The van der Waals surface area contributed by atoms with Crippen LogP contribution in [-0.2, 0) is 6.54 Å². The van der Waals surface area contributed by atoms with Gasteiger partial charge in [-0.1, -0.05) is 6.07 Å². The molecule has 140 valence electrons. The molecule has 1 heterocycles. The van der Waals surface area contributed by atoms with Gasteiger partial charge < -0.3 is 19.7 Å². The van der Waals surface area contributed by atoms with Gasteiger partial charge in [0.1, 0.15) is 0 Å². The number of hydrogen-bond donors (Lipinski definition) is 1. The van der Waals surface area contributed by atoms with Crippen molar-refractivity contribution in [2.75, 3.05) is 27.2 Å². The van der Waals surface area contributed by atoms with Crippen LogP contribution >= 0.6 is 24.0 Å². The molecule has 0 unspecified atom stereocenters. The normalized spacial score (nSPS) is 18.2. The first-order chi connectivity index (χ1) is 11.8. The molecular weight excluding hydrogens is 429 g/mol. The predicted molar refractivity (Wildman–Crippen MR) is 112 cm³/mol. The van der Waals surface area contributed by atoms with Crippen LogP contribution in [-0.4, -0.2) is 44.2 Å². The molecule has 5 nitrogen and oxygen atoms in total. The van der Waals surface area contributed by atoms with Crippen molar-refractivity contribution in [3.05, 3.63) is 23.8 Å². The molecule has 3 rings (SSSR count). The largest absolute Gasteiger partial charge is 0.493 e. The number of benzene rings is 1. The van der Waals surface area contributed by atoms with Crippen LogP contribution in [0.5, 0.6) is 11.5 Å². The Hall–Kier alpha value is -1.18. The first-order valence-corrected chi connectivity index (χ1v) is 9.09. The van der Waals surface area contributed by atoms with Crippen LogP contribution in [0.3, 0.4) is 0 Å². The molecule has 1 saturated carbocycles. The van der Waals surface area contributed by atoms with Crippen molar-refractivity contribution < 1.29 is 9.47 Å². The average Bonchev–Trinajstić information content (AvgIpc) is 3.30. The summed E-state index contributed by atoms with van der Waals surface area (Å²) in [7, 11) is 3.55. The molecule has 6 heteroatoms. The Morgan fingerprint density at radius 1 is 1.16 bits per heavy atom. The molecule has 1 saturated heterocycles. The molecule has 1 aliphatic heterocycles. The second-order valence-electron chi connectivity index (χ2n) is 6.60. The number of likely N-dealkylation sites (tertiary alicyclic amines) is 1. The van der Waals surface area contributed by atoms with Gasteiger partial charge in [-0.25, -0.2) is 0 Å². The molecule has 25 heavy (non-hydrogen) atoms. The number of halogens is 1. The van der Waals surface area contributed by atoms with Crippen molar-refractivity contribution in [1.29, 1.82) is 0 Å². The Balaban J connectivity index is 0.00000225. The molecule has 2 fully saturated rings. The average molecular weight is 459 g/mol. The third-order valence-corrected chi connectivity index (χ3v) is 4.89. The van der Waals surface area contributed by atoms with Gasteiger partial charge in [-0.15, -0.1) is 24.0 Å². The van der Waals surface area contributed by atoms with Crippen LogP contribution in [0.2, 0.25) is 0 Å². The lowest BCUT2D eigenvalue weighted by Crippen LogP contribution is -2.39. The van der Waals surface area contributed by atoms with E-state index in [4.69, 9.17) is 9.47 Å². The Bertz CT molecular complexity index is 568. The Morgan fingerprint density at radius 2 is 1.88 bits per heavy atom. The fourth-order valence-electron chi connectivity index (χ4n) is 3.55. The van der Waals surface area contributed by atoms with Gasteiger partial charge in [0.2, 0.25) is 0 Å². The number of hydrogen-bond acceptors (Lipinski definition) is 3. The van der Waals surface area contributed by atoms with Crippen LogP contribution < -0.4 is 14.8 Å². The lowest BCUT2D eigenvalue weighted by atomic mass is 10.2. The van der Waals surface area contributed by atoms with Crippen molar-refractivity contribution in [3.63, 3.8) is 0 Å². The third kappa shape index (κ3) is 5.39. The lowest BCUT2D eigenvalue weighted by Gasteiger charge is -2.21. The summed E-state index contributed by atoms with van der Waals surface area (Å²) in [4.78, 5) is 6.72. The number of nitrogens with one attached hydrogen (secondary N) is 1. The standard InChI is InChI=1S/C19H29N3O2.HI/c1-20-19(22-11-5-6-12-22)21-14-15-9-10-17(23-2)18(13-15)24-16-7-3-4-8-16;/h9-10,13,16H,3-8,11-12,14H2,1-2H3,(H,20,21);1H. The summed E-state index contributed by atoms with van der Waals surface area (Å²) >= 11 is 0. The van der Waals surface area contributed by atoms with Crippen molar-refractivity contribution >= 4 is 29.9 Å². The summed E-state index contributed by atoms with van der Waals surface area (Å²) in [5.74, 6) is 2.66. The van der Waals surface area contributed by atoms with Crippen LogP contribution in [0.15, 0.2) is 23.2 Å². The smallest absolute Gasteiger partial charge is 0.193 e. The summed E-state index contributed by atoms with van der Waals surface area (Å²) in [5.41, 5.74) is 1.18. The number of methoxy groups -OCH3 is 1. The first kappa shape index (κ1) is 20.1. The summed E-state index contributed by atoms with van der Waals surface area (Å²) in [6.45, 7) is 2.94. The van der Waals surface area contributed by atoms with Gasteiger partial charge in [0.05, 0.1) is 13.2 Å². The molecule has 0 amide bonds. The second kappa shape index (κ2) is 10.1. The van der Waals surface area contributed by atoms with E-state index >= 15 is 0 Å². The molecular formula is C19H30IN3O2. The Kier molecular flexibility index (Phi) is 8.12. The monoisotopic (exact) mass is 459 g/mol. The van der Waals surface area contributed by atoms with Crippen LogP contribution in [0, 0.1) is 0 Å². The molecule has 1 aromatic rings. The quantitative estimate of drug-likeness (QED) is 0.414. The topological polar surface area (TPSA) is 46.1 Å². The molecule has 1 aromatic carbocycles. The van der Waals surface area contributed by atoms with E-state index in [1.54, 1.807) is 7.11 Å². The van der Waals surface area contributed by atoms with Crippen LogP contribution in [0.25, 0.3) is 0 Å². The van der Waals surface area contributed by atoms with E-state index in [1.807, 2.05) is 13.1 Å². The maximum atomic E-state index is 6.18. The van der Waals surface area contributed by atoms with Gasteiger partial charge in [0.15, 0.2) is 17.5 Å². The SMILES string of the molecule is CN=C(NCc1ccc(OC)c(OC2CCCC2)c1)N1CCCC1.I. The summed E-state index contributed by atoms with van der Waals surface area (Å²) < 4.78 is 11.6. The molecule has 0 aromatic heterocycles. The Morgan fingerprint density at radius 3 is 2.52 bits per heavy atom. The molecule has 0 radical (unpaired) electrons. The highest BCUT2D eigenvalue weighted by molar-refractivity contribution is 14.0. The van der Waals surface area contributed by atoms with E-state index in [2.05, 4.69) is 27.3 Å². The van der Waals surface area contributed by atoms with Gasteiger partial charge in [-0.2, -0.15) is 0 Å². The number of rotatable bonds is 5. The van der Waals surface area contributed by atoms with Crippen LogP contribution in [0.1, 0.15) is 44.1 Å². The first-order valence-electron chi connectivity index (χ1n) is 9.09. The second-order valence-corrected chi connectivity index (χ2v) is 6.60. The van der Waals surface area contributed by atoms with Crippen molar-refractivity contribution in [2.24, 2.45) is 4.99 Å². The zero-order valence-corrected chi connectivity index (χ0v) is 17.6. The minimum atomic E-state index is 0. The minimum Gasteiger partial charge on any atom is -0.493 e. The molecule has 1 aliphatic carbocycles. The summed E-state index contributed by atoms with van der Waals surface area (Å²) in [5, 5.41) is 3.47. The van der Waals surface area contributed by atoms with Crippen LogP contribution in [0.4, 0.5) is 0 Å². The van der Waals surface area contributed by atoms with Gasteiger partial charge in [0.25, 0.3) is 0 Å². The van der Waals surface area contributed by atoms with E-state index in [-0.39, 0.29) is 24.0 Å². The maximum Gasteiger partial charge on any atom is 0.193 e. The number of aliphatic imine (C=N–C) groups is 1. The summed E-state index contributed by atoms with van der Waals surface area (Å²) in [6, 6.07) is 6.19. The maximum absolute atomic E-state index is 6.18. The van der Waals surface area contributed by atoms with E-state index in [9.17, 15) is 0 Å². The van der Waals surface area contributed by atoms with Gasteiger partial charge in [0, 0.05) is 26.7 Å². The van der Waals surface area contributed by atoms with E-state index in [0.717, 1.165) is 49.9 Å². The highest BCUT2D eigenvalue weighted by Crippen LogP contribution is 2.32. The van der Waals surface area contributed by atoms with Gasteiger partial charge in [-0.3, -0.25) is 4.99 Å². The Labute approximate surface area is 168 Å². The van der Waals surface area contributed by atoms with Gasteiger partial charge in [-0.05, 0) is 56.2 Å². The highest BCUT2D eigenvalue weighted by Gasteiger charge is 2.19. The van der Waals surface area contributed by atoms with Gasteiger partial charge >= 0.3 is 0 Å². The van der Waals surface area contributed by atoms with E-state index < -0.39 is 0 Å². The summed E-state index contributed by atoms with van der Waals surface area (Å²) in [6.07, 6.45) is 7.66. The molecule has 0 bridgehead atoms. The van der Waals surface area contributed by atoms with Crippen molar-refractivity contribution in [3.8, 4) is 11.5 Å². The highest BCUT2D eigenvalue weighted by atomic mass is 127. The lowest BCUT2D eigenvalue weighted by molar-refractivity contribution is 0.200. The van der Waals surface area contributed by atoms with Crippen molar-refractivity contribution in [2.45, 2.75) is 51.2 Å².